The SMILES string of the molecule is CNC(=O)N(Cc1ccccc1)NC(=O)[C@H](CC(C)C)C(O)C(=O)NO. The van der Waals surface area contributed by atoms with Crippen molar-refractivity contribution in [2.75, 3.05) is 7.05 Å². The van der Waals surface area contributed by atoms with Crippen LogP contribution >= 0.6 is 0 Å². The Morgan fingerprint density at radius 1 is 1.12 bits per heavy atom. The lowest BCUT2D eigenvalue weighted by Crippen LogP contribution is -2.54. The quantitative estimate of drug-likeness (QED) is 0.352. The van der Waals surface area contributed by atoms with Gasteiger partial charge in [-0.1, -0.05) is 44.2 Å². The molecule has 5 N–H and O–H groups in total. The van der Waals surface area contributed by atoms with Crippen LogP contribution in [0, 0.1) is 11.8 Å². The Morgan fingerprint density at radius 2 is 1.73 bits per heavy atom. The van der Waals surface area contributed by atoms with Crippen LogP contribution < -0.4 is 16.2 Å². The van der Waals surface area contributed by atoms with Crippen LogP contribution in [0.4, 0.5) is 4.79 Å². The number of amides is 4. The Kier molecular flexibility index (Phi) is 8.53. The van der Waals surface area contributed by atoms with E-state index in [1.165, 1.54) is 12.5 Å². The van der Waals surface area contributed by atoms with Crippen LogP contribution in [-0.2, 0) is 16.1 Å². The molecule has 0 fully saturated rings. The molecule has 2 atom stereocenters. The fourth-order valence-corrected chi connectivity index (χ4v) is 2.42. The molecule has 0 bridgehead atoms. The highest BCUT2D eigenvalue weighted by molar-refractivity contribution is 5.89. The van der Waals surface area contributed by atoms with Gasteiger partial charge in [0.15, 0.2) is 0 Å². The zero-order valence-electron chi connectivity index (χ0n) is 15.1. The van der Waals surface area contributed by atoms with Gasteiger partial charge in [-0.3, -0.25) is 20.2 Å². The molecule has 1 rings (SSSR count). The van der Waals surface area contributed by atoms with Crippen molar-refractivity contribution in [2.45, 2.75) is 32.9 Å². The van der Waals surface area contributed by atoms with Crippen molar-refractivity contribution in [1.29, 1.82) is 0 Å². The Labute approximate surface area is 152 Å². The van der Waals surface area contributed by atoms with Crippen LogP contribution in [0.3, 0.4) is 0 Å². The Morgan fingerprint density at radius 3 is 2.23 bits per heavy atom. The second kappa shape index (κ2) is 10.4. The van der Waals surface area contributed by atoms with E-state index < -0.39 is 29.9 Å². The summed E-state index contributed by atoms with van der Waals surface area (Å²) in [6.45, 7) is 3.75. The summed E-state index contributed by atoms with van der Waals surface area (Å²) < 4.78 is 0. The average Bonchev–Trinajstić information content (AvgIpc) is 2.64. The number of urea groups is 1. The number of rotatable bonds is 7. The van der Waals surface area contributed by atoms with E-state index in [4.69, 9.17) is 5.21 Å². The number of carbonyl (C=O) groups is 3. The number of carbonyl (C=O) groups excluding carboxylic acids is 3. The largest absolute Gasteiger partial charge is 0.382 e. The molecular weight excluding hydrogens is 340 g/mol. The highest BCUT2D eigenvalue weighted by atomic mass is 16.5. The highest BCUT2D eigenvalue weighted by Gasteiger charge is 2.34. The fourth-order valence-electron chi connectivity index (χ4n) is 2.42. The van der Waals surface area contributed by atoms with Crippen molar-refractivity contribution in [3.8, 4) is 0 Å². The number of aliphatic hydroxyl groups excluding tert-OH is 1. The summed E-state index contributed by atoms with van der Waals surface area (Å²) in [5.74, 6) is -2.92. The highest BCUT2D eigenvalue weighted by Crippen LogP contribution is 2.17. The fraction of sp³-hybridized carbons (Fsp3) is 0.471. The first-order valence-electron chi connectivity index (χ1n) is 8.25. The Balaban J connectivity index is 2.95. The molecule has 0 aliphatic heterocycles. The number of nitrogens with zero attached hydrogens (tertiary/aromatic N) is 1. The molecular formula is C17H26N4O5. The molecule has 0 spiro atoms. The van der Waals surface area contributed by atoms with Gasteiger partial charge in [0.25, 0.3) is 5.91 Å². The topological polar surface area (TPSA) is 131 Å². The minimum atomic E-state index is -1.74. The van der Waals surface area contributed by atoms with E-state index in [1.54, 1.807) is 24.3 Å². The third kappa shape index (κ3) is 6.34. The zero-order chi connectivity index (χ0) is 19.7. The van der Waals surface area contributed by atoms with E-state index in [0.717, 1.165) is 10.6 Å². The van der Waals surface area contributed by atoms with E-state index in [-0.39, 0.29) is 18.9 Å². The summed E-state index contributed by atoms with van der Waals surface area (Å²) in [6.07, 6.45) is -1.56. The van der Waals surface area contributed by atoms with Crippen LogP contribution in [0.15, 0.2) is 30.3 Å². The van der Waals surface area contributed by atoms with Gasteiger partial charge < -0.3 is 10.4 Å². The van der Waals surface area contributed by atoms with E-state index in [2.05, 4.69) is 10.7 Å². The summed E-state index contributed by atoms with van der Waals surface area (Å²) >= 11 is 0. The molecule has 1 unspecified atom stereocenters. The molecule has 4 amide bonds. The first-order valence-corrected chi connectivity index (χ1v) is 8.25. The molecule has 9 heteroatoms. The van der Waals surface area contributed by atoms with E-state index in [0.29, 0.717) is 0 Å². The molecule has 0 saturated heterocycles. The summed E-state index contributed by atoms with van der Waals surface area (Å²) in [5.41, 5.74) is 4.56. The normalized spacial score (nSPS) is 12.8. The third-order valence-corrected chi connectivity index (χ3v) is 3.71. The number of nitrogens with one attached hydrogen (secondary N) is 3. The second-order valence-electron chi connectivity index (χ2n) is 6.26. The number of hydrogen-bond donors (Lipinski definition) is 5. The third-order valence-electron chi connectivity index (χ3n) is 3.71. The van der Waals surface area contributed by atoms with Gasteiger partial charge in [0.2, 0.25) is 5.91 Å². The lowest BCUT2D eigenvalue weighted by molar-refractivity contribution is -0.148. The summed E-state index contributed by atoms with van der Waals surface area (Å²) in [4.78, 5) is 36.2. The van der Waals surface area contributed by atoms with Crippen molar-refractivity contribution in [2.24, 2.45) is 11.8 Å². The van der Waals surface area contributed by atoms with Gasteiger partial charge in [-0.05, 0) is 17.9 Å². The van der Waals surface area contributed by atoms with Crippen LogP contribution in [0.1, 0.15) is 25.8 Å². The van der Waals surface area contributed by atoms with Crippen molar-refractivity contribution < 1.29 is 24.7 Å². The van der Waals surface area contributed by atoms with Crippen LogP contribution in [-0.4, -0.2) is 46.3 Å². The number of hydrogen-bond acceptors (Lipinski definition) is 5. The van der Waals surface area contributed by atoms with E-state index >= 15 is 0 Å². The van der Waals surface area contributed by atoms with Gasteiger partial charge in [-0.25, -0.2) is 15.3 Å². The number of aliphatic hydroxyl groups is 1. The minimum absolute atomic E-state index is 0.00512. The predicted molar refractivity (Wildman–Crippen MR) is 93.5 cm³/mol. The first kappa shape index (κ1) is 21.4. The first-order chi connectivity index (χ1) is 12.3. The molecule has 1 aromatic carbocycles. The summed E-state index contributed by atoms with van der Waals surface area (Å²) in [7, 11) is 1.42. The summed E-state index contributed by atoms with van der Waals surface area (Å²) in [5, 5.41) is 22.2. The lowest BCUT2D eigenvalue weighted by Gasteiger charge is -2.28. The standard InChI is InChI=1S/C17H26N4O5/c1-11(2)9-13(14(22)16(24)20-26)15(23)19-21(17(25)18-3)10-12-7-5-4-6-8-12/h4-8,11,13-14,22,26H,9-10H2,1-3H3,(H,18,25)(H,19,23)(H,20,24)/t13-,14?/m1/s1. The molecule has 0 aliphatic rings. The average molecular weight is 366 g/mol. The lowest BCUT2D eigenvalue weighted by atomic mass is 9.91. The van der Waals surface area contributed by atoms with Gasteiger partial charge in [0.1, 0.15) is 6.10 Å². The smallest absolute Gasteiger partial charge is 0.336 e. The predicted octanol–water partition coefficient (Wildman–Crippen LogP) is 0.388. The van der Waals surface area contributed by atoms with E-state index in [9.17, 15) is 19.5 Å². The van der Waals surface area contributed by atoms with Crippen molar-refractivity contribution in [1.82, 2.24) is 21.2 Å². The number of hydroxylamine groups is 1. The molecule has 9 nitrogen and oxygen atoms in total. The van der Waals surface area contributed by atoms with Gasteiger partial charge in [-0.15, -0.1) is 0 Å². The molecule has 0 radical (unpaired) electrons. The molecule has 0 saturated carbocycles. The van der Waals surface area contributed by atoms with Gasteiger partial charge >= 0.3 is 6.03 Å². The van der Waals surface area contributed by atoms with Crippen molar-refractivity contribution in [3.63, 3.8) is 0 Å². The molecule has 0 heterocycles. The van der Waals surface area contributed by atoms with Crippen molar-refractivity contribution >= 4 is 17.8 Å². The number of hydrazine groups is 1. The van der Waals surface area contributed by atoms with Gasteiger partial charge in [-0.2, -0.15) is 0 Å². The maximum absolute atomic E-state index is 12.6. The maximum atomic E-state index is 12.6. The Hall–Kier alpha value is -2.65. The summed E-state index contributed by atoms with van der Waals surface area (Å²) in [6, 6.07) is 8.47. The van der Waals surface area contributed by atoms with Crippen LogP contribution in [0.2, 0.25) is 0 Å². The van der Waals surface area contributed by atoms with Crippen LogP contribution in [0.5, 0.6) is 0 Å². The van der Waals surface area contributed by atoms with Gasteiger partial charge in [0, 0.05) is 7.05 Å². The van der Waals surface area contributed by atoms with Crippen molar-refractivity contribution in [3.05, 3.63) is 35.9 Å². The molecule has 0 aromatic heterocycles. The molecule has 144 valence electrons. The van der Waals surface area contributed by atoms with E-state index in [1.807, 2.05) is 19.9 Å². The Bertz CT molecular complexity index is 608. The van der Waals surface area contributed by atoms with Gasteiger partial charge in [0.05, 0.1) is 12.5 Å². The van der Waals surface area contributed by atoms with Crippen LogP contribution in [0.25, 0.3) is 0 Å². The zero-order valence-corrected chi connectivity index (χ0v) is 15.1. The maximum Gasteiger partial charge on any atom is 0.336 e. The monoisotopic (exact) mass is 366 g/mol. The number of benzene rings is 1. The molecule has 26 heavy (non-hydrogen) atoms. The second-order valence-corrected chi connectivity index (χ2v) is 6.26. The molecule has 1 aromatic rings. The minimum Gasteiger partial charge on any atom is -0.382 e. The molecule has 0 aliphatic carbocycles.